The monoisotopic (exact) mass is 191 g/mol. The molecule has 0 aromatic carbocycles. The van der Waals surface area contributed by atoms with Crippen LogP contribution in [0.2, 0.25) is 0 Å². The van der Waals surface area contributed by atoms with Gasteiger partial charge in [0, 0.05) is 25.0 Å². The van der Waals surface area contributed by atoms with Gasteiger partial charge in [-0.15, -0.1) is 0 Å². The molecule has 3 heteroatoms. The highest BCUT2D eigenvalue weighted by atomic mass is 15.0. The van der Waals surface area contributed by atoms with E-state index in [9.17, 15) is 0 Å². The topological polar surface area (TPSA) is 37.0 Å². The zero-order chi connectivity index (χ0) is 9.64. The highest BCUT2D eigenvalue weighted by molar-refractivity contribution is 5.39. The fourth-order valence-corrected chi connectivity index (χ4v) is 1.81. The number of hydrogen-bond acceptors (Lipinski definition) is 3. The van der Waals surface area contributed by atoms with E-state index in [0.29, 0.717) is 6.04 Å². The van der Waals surface area contributed by atoms with Gasteiger partial charge in [-0.25, -0.2) is 0 Å². The third kappa shape index (κ3) is 2.70. The van der Waals surface area contributed by atoms with Gasteiger partial charge in [-0.05, 0) is 31.5 Å². The normalized spacial score (nSPS) is 21.9. The Labute approximate surface area is 84.9 Å². The van der Waals surface area contributed by atoms with Gasteiger partial charge in [0.25, 0.3) is 0 Å². The lowest BCUT2D eigenvalue weighted by Gasteiger charge is -2.23. The number of pyridine rings is 1. The molecule has 0 unspecified atom stereocenters. The Morgan fingerprint density at radius 3 is 3.21 bits per heavy atom. The predicted octanol–water partition coefficient (Wildman–Crippen LogP) is 1.64. The van der Waals surface area contributed by atoms with E-state index in [0.717, 1.165) is 12.2 Å². The van der Waals surface area contributed by atoms with Gasteiger partial charge in [0.05, 0.1) is 5.69 Å². The van der Waals surface area contributed by atoms with Gasteiger partial charge < -0.3 is 10.6 Å². The van der Waals surface area contributed by atoms with Crippen molar-refractivity contribution in [3.8, 4) is 0 Å². The Morgan fingerprint density at radius 2 is 2.50 bits per heavy atom. The van der Waals surface area contributed by atoms with E-state index in [1.54, 1.807) is 6.20 Å². The van der Waals surface area contributed by atoms with Crippen molar-refractivity contribution in [2.45, 2.75) is 25.3 Å². The van der Waals surface area contributed by atoms with Crippen molar-refractivity contribution >= 4 is 5.69 Å². The lowest BCUT2D eigenvalue weighted by molar-refractivity contribution is 0.414. The van der Waals surface area contributed by atoms with Crippen molar-refractivity contribution in [3.05, 3.63) is 24.5 Å². The Hall–Kier alpha value is -1.09. The van der Waals surface area contributed by atoms with Crippen molar-refractivity contribution in [2.24, 2.45) is 0 Å². The Balaban J connectivity index is 1.76. The van der Waals surface area contributed by atoms with E-state index >= 15 is 0 Å². The highest BCUT2D eigenvalue weighted by Gasteiger charge is 2.11. The maximum Gasteiger partial charge on any atom is 0.0527 e. The summed E-state index contributed by atoms with van der Waals surface area (Å²) in [6.45, 7) is 2.17. The molecule has 0 saturated carbocycles. The van der Waals surface area contributed by atoms with Crippen LogP contribution in [0.5, 0.6) is 0 Å². The fourth-order valence-electron chi connectivity index (χ4n) is 1.81. The molecule has 1 aliphatic rings. The Kier molecular flexibility index (Phi) is 3.35. The molecule has 76 valence electrons. The molecule has 1 aromatic heterocycles. The Morgan fingerprint density at radius 1 is 1.50 bits per heavy atom. The van der Waals surface area contributed by atoms with Crippen LogP contribution in [0.1, 0.15) is 19.3 Å². The smallest absolute Gasteiger partial charge is 0.0527 e. The first-order valence-electron chi connectivity index (χ1n) is 5.32. The Bertz CT molecular complexity index is 254. The number of anilines is 1. The van der Waals surface area contributed by atoms with Crippen LogP contribution in [-0.4, -0.2) is 24.1 Å². The van der Waals surface area contributed by atoms with Crippen LogP contribution >= 0.6 is 0 Å². The SMILES string of the molecule is c1cncc(NC[C@H]2CCCCN2)c1. The second-order valence-electron chi connectivity index (χ2n) is 3.77. The third-order valence-corrected chi connectivity index (χ3v) is 2.63. The summed E-state index contributed by atoms with van der Waals surface area (Å²) in [6, 6.07) is 4.64. The maximum absolute atomic E-state index is 4.07. The first-order chi connectivity index (χ1) is 6.95. The van der Waals surface area contributed by atoms with Crippen molar-refractivity contribution in [3.63, 3.8) is 0 Å². The van der Waals surface area contributed by atoms with Crippen LogP contribution in [0.15, 0.2) is 24.5 Å². The molecule has 0 spiro atoms. The van der Waals surface area contributed by atoms with E-state index < -0.39 is 0 Å². The summed E-state index contributed by atoms with van der Waals surface area (Å²) >= 11 is 0. The molecular formula is C11H17N3. The second kappa shape index (κ2) is 4.96. The van der Waals surface area contributed by atoms with Crippen molar-refractivity contribution in [2.75, 3.05) is 18.4 Å². The minimum Gasteiger partial charge on any atom is -0.382 e. The van der Waals surface area contributed by atoms with E-state index in [4.69, 9.17) is 0 Å². The van der Waals surface area contributed by atoms with Crippen LogP contribution in [0.25, 0.3) is 0 Å². The summed E-state index contributed by atoms with van der Waals surface area (Å²) in [5, 5.41) is 6.90. The first-order valence-corrected chi connectivity index (χ1v) is 5.32. The molecule has 0 aliphatic carbocycles. The lowest BCUT2D eigenvalue weighted by Crippen LogP contribution is -2.39. The van der Waals surface area contributed by atoms with Gasteiger partial charge >= 0.3 is 0 Å². The molecule has 2 rings (SSSR count). The first kappa shape index (κ1) is 9.46. The number of hydrogen-bond donors (Lipinski definition) is 2. The van der Waals surface area contributed by atoms with Gasteiger partial charge in [-0.3, -0.25) is 4.98 Å². The maximum atomic E-state index is 4.07. The standard InChI is InChI=1S/C11H17N3/c1-2-7-13-11(4-1)9-14-10-5-3-6-12-8-10/h3,5-6,8,11,13-14H,1-2,4,7,9H2/t11-/m1/s1. The third-order valence-electron chi connectivity index (χ3n) is 2.63. The van der Waals surface area contributed by atoms with E-state index in [1.807, 2.05) is 12.3 Å². The summed E-state index contributed by atoms with van der Waals surface area (Å²) in [5.41, 5.74) is 1.11. The van der Waals surface area contributed by atoms with Gasteiger partial charge in [0.2, 0.25) is 0 Å². The van der Waals surface area contributed by atoms with E-state index in [1.165, 1.54) is 25.8 Å². The summed E-state index contributed by atoms with van der Waals surface area (Å²) in [6.07, 6.45) is 7.62. The zero-order valence-corrected chi connectivity index (χ0v) is 8.37. The van der Waals surface area contributed by atoms with Crippen LogP contribution < -0.4 is 10.6 Å². The molecule has 3 nitrogen and oxygen atoms in total. The van der Waals surface area contributed by atoms with Gasteiger partial charge in [0.1, 0.15) is 0 Å². The van der Waals surface area contributed by atoms with Crippen LogP contribution in [0, 0.1) is 0 Å². The van der Waals surface area contributed by atoms with Gasteiger partial charge in [-0.2, -0.15) is 0 Å². The molecule has 1 fully saturated rings. The summed E-state index contributed by atoms with van der Waals surface area (Å²) in [5.74, 6) is 0. The van der Waals surface area contributed by atoms with Gasteiger partial charge in [0.15, 0.2) is 0 Å². The molecule has 2 N–H and O–H groups in total. The van der Waals surface area contributed by atoms with Crippen LogP contribution in [0.3, 0.4) is 0 Å². The molecule has 2 heterocycles. The average molecular weight is 191 g/mol. The van der Waals surface area contributed by atoms with E-state index in [2.05, 4.69) is 21.7 Å². The van der Waals surface area contributed by atoms with Crippen LogP contribution in [-0.2, 0) is 0 Å². The van der Waals surface area contributed by atoms with Crippen molar-refractivity contribution in [1.29, 1.82) is 0 Å². The molecule has 1 saturated heterocycles. The zero-order valence-electron chi connectivity index (χ0n) is 8.37. The van der Waals surface area contributed by atoms with Crippen LogP contribution in [0.4, 0.5) is 5.69 Å². The van der Waals surface area contributed by atoms with Gasteiger partial charge in [-0.1, -0.05) is 6.42 Å². The number of aromatic nitrogens is 1. The second-order valence-corrected chi connectivity index (χ2v) is 3.77. The minimum absolute atomic E-state index is 0.629. The molecule has 1 atom stereocenters. The molecule has 0 bridgehead atoms. The summed E-state index contributed by atoms with van der Waals surface area (Å²) < 4.78 is 0. The number of rotatable bonds is 3. The number of nitrogens with one attached hydrogen (secondary N) is 2. The van der Waals surface area contributed by atoms with E-state index in [-0.39, 0.29) is 0 Å². The lowest BCUT2D eigenvalue weighted by atomic mass is 10.1. The minimum atomic E-state index is 0.629. The predicted molar refractivity (Wildman–Crippen MR) is 58.4 cm³/mol. The average Bonchev–Trinajstić information content (AvgIpc) is 2.29. The molecule has 0 amide bonds. The molecular weight excluding hydrogens is 174 g/mol. The molecule has 1 aromatic rings. The number of nitrogens with zero attached hydrogens (tertiary/aromatic N) is 1. The largest absolute Gasteiger partial charge is 0.382 e. The van der Waals surface area contributed by atoms with Crippen molar-refractivity contribution in [1.82, 2.24) is 10.3 Å². The quantitative estimate of drug-likeness (QED) is 0.762. The van der Waals surface area contributed by atoms with Crippen molar-refractivity contribution < 1.29 is 0 Å². The summed E-state index contributed by atoms with van der Waals surface area (Å²) in [4.78, 5) is 4.07. The highest BCUT2D eigenvalue weighted by Crippen LogP contribution is 2.08. The number of piperidine rings is 1. The fraction of sp³-hybridized carbons (Fsp3) is 0.545. The molecule has 1 aliphatic heterocycles. The molecule has 14 heavy (non-hydrogen) atoms. The molecule has 0 radical (unpaired) electrons. The summed E-state index contributed by atoms with van der Waals surface area (Å²) in [7, 11) is 0.